The van der Waals surface area contributed by atoms with Crippen molar-refractivity contribution in [3.63, 3.8) is 0 Å². The summed E-state index contributed by atoms with van der Waals surface area (Å²) >= 11 is 0. The number of carbonyl (C=O) groups excluding carboxylic acids is 2. The van der Waals surface area contributed by atoms with Crippen molar-refractivity contribution in [1.29, 1.82) is 0 Å². The first-order chi connectivity index (χ1) is 13.5. The maximum atomic E-state index is 12.4. The number of benzene rings is 2. The lowest BCUT2D eigenvalue weighted by Crippen LogP contribution is -2.32. The maximum absolute atomic E-state index is 12.4. The van der Waals surface area contributed by atoms with E-state index in [2.05, 4.69) is 15.3 Å². The molecule has 6 nitrogen and oxygen atoms in total. The van der Waals surface area contributed by atoms with Gasteiger partial charge in [-0.05, 0) is 18.6 Å². The third kappa shape index (κ3) is 5.13. The van der Waals surface area contributed by atoms with Gasteiger partial charge in [-0.25, -0.2) is 9.97 Å². The Hall–Kier alpha value is -3.28. The van der Waals surface area contributed by atoms with Crippen molar-refractivity contribution in [2.75, 3.05) is 13.6 Å². The van der Waals surface area contributed by atoms with E-state index in [1.807, 2.05) is 61.5 Å². The van der Waals surface area contributed by atoms with Gasteiger partial charge < -0.3 is 10.2 Å². The molecule has 1 N–H and O–H groups in total. The van der Waals surface area contributed by atoms with Crippen LogP contribution < -0.4 is 5.32 Å². The molecule has 0 spiro atoms. The lowest BCUT2D eigenvalue weighted by Gasteiger charge is -2.17. The molecule has 2 amide bonds. The number of nitrogens with one attached hydrogen (secondary N) is 1. The van der Waals surface area contributed by atoms with Crippen molar-refractivity contribution >= 4 is 22.7 Å². The molecule has 0 aliphatic rings. The van der Waals surface area contributed by atoms with E-state index in [4.69, 9.17) is 0 Å². The van der Waals surface area contributed by atoms with Crippen molar-refractivity contribution < 1.29 is 9.59 Å². The number of carbonyl (C=O) groups is 2. The largest absolute Gasteiger partial charge is 0.355 e. The summed E-state index contributed by atoms with van der Waals surface area (Å²) < 4.78 is 0. The van der Waals surface area contributed by atoms with E-state index in [1.54, 1.807) is 11.9 Å². The molecule has 1 heterocycles. The van der Waals surface area contributed by atoms with E-state index in [0.717, 1.165) is 22.2 Å². The average molecular weight is 376 g/mol. The number of hydrogen-bond acceptors (Lipinski definition) is 4. The van der Waals surface area contributed by atoms with Crippen molar-refractivity contribution in [1.82, 2.24) is 20.2 Å². The lowest BCUT2D eigenvalue weighted by molar-refractivity contribution is -0.130. The van der Waals surface area contributed by atoms with Gasteiger partial charge in [0.15, 0.2) is 0 Å². The molecule has 28 heavy (non-hydrogen) atoms. The molecule has 0 unspecified atom stereocenters. The first kappa shape index (κ1) is 19.5. The van der Waals surface area contributed by atoms with Gasteiger partial charge in [-0.15, -0.1) is 0 Å². The highest BCUT2D eigenvalue weighted by molar-refractivity contribution is 5.81. The smallest absolute Gasteiger partial charge is 0.224 e. The molecule has 0 fully saturated rings. The van der Waals surface area contributed by atoms with Crippen LogP contribution in [-0.2, 0) is 22.6 Å². The second-order valence-corrected chi connectivity index (χ2v) is 6.75. The van der Waals surface area contributed by atoms with E-state index in [0.29, 0.717) is 25.3 Å². The Morgan fingerprint density at radius 2 is 1.71 bits per heavy atom. The van der Waals surface area contributed by atoms with Gasteiger partial charge in [-0.3, -0.25) is 9.59 Å². The highest BCUT2D eigenvalue weighted by Crippen LogP contribution is 2.15. The first-order valence-corrected chi connectivity index (χ1v) is 9.30. The van der Waals surface area contributed by atoms with Gasteiger partial charge in [0.1, 0.15) is 5.82 Å². The fourth-order valence-corrected chi connectivity index (χ4v) is 3.01. The molecule has 0 aliphatic heterocycles. The number of amides is 2. The molecule has 0 radical (unpaired) electrons. The lowest BCUT2D eigenvalue weighted by atomic mass is 10.1. The fraction of sp³-hybridized carbons (Fsp3) is 0.273. The molecule has 6 heteroatoms. The third-order valence-corrected chi connectivity index (χ3v) is 4.51. The van der Waals surface area contributed by atoms with Gasteiger partial charge in [0.25, 0.3) is 0 Å². The molecular weight excluding hydrogens is 352 g/mol. The Bertz CT molecular complexity index is 973. The zero-order valence-electron chi connectivity index (χ0n) is 16.2. The second-order valence-electron chi connectivity index (χ2n) is 6.75. The summed E-state index contributed by atoms with van der Waals surface area (Å²) in [6, 6.07) is 17.4. The molecule has 0 saturated carbocycles. The molecule has 0 atom stereocenters. The SMILES string of the molecule is Cc1nc(CN(C)C(=O)CCNC(=O)Cc2ccccc2)nc2ccccc12. The second kappa shape index (κ2) is 9.08. The monoisotopic (exact) mass is 376 g/mol. The van der Waals surface area contributed by atoms with Crippen LogP contribution in [0.1, 0.15) is 23.5 Å². The average Bonchev–Trinajstić information content (AvgIpc) is 2.68. The van der Waals surface area contributed by atoms with Crippen molar-refractivity contribution in [3.05, 3.63) is 71.7 Å². The highest BCUT2D eigenvalue weighted by Gasteiger charge is 2.13. The van der Waals surface area contributed by atoms with Crippen LogP contribution in [0.4, 0.5) is 0 Å². The number of aromatic nitrogens is 2. The molecule has 0 aliphatic carbocycles. The Morgan fingerprint density at radius 3 is 2.50 bits per heavy atom. The van der Waals surface area contributed by atoms with E-state index in [9.17, 15) is 9.59 Å². The van der Waals surface area contributed by atoms with Crippen molar-refractivity contribution in [2.45, 2.75) is 26.3 Å². The number of fused-ring (bicyclic) bond motifs is 1. The first-order valence-electron chi connectivity index (χ1n) is 9.30. The quantitative estimate of drug-likeness (QED) is 0.688. The summed E-state index contributed by atoms with van der Waals surface area (Å²) in [4.78, 5) is 34.9. The van der Waals surface area contributed by atoms with Gasteiger partial charge in [-0.1, -0.05) is 48.5 Å². The van der Waals surface area contributed by atoms with Gasteiger partial charge in [0.05, 0.1) is 18.5 Å². The minimum Gasteiger partial charge on any atom is -0.355 e. The number of nitrogens with zero attached hydrogens (tertiary/aromatic N) is 3. The van der Waals surface area contributed by atoms with Gasteiger partial charge in [-0.2, -0.15) is 0 Å². The van der Waals surface area contributed by atoms with E-state index >= 15 is 0 Å². The fourth-order valence-electron chi connectivity index (χ4n) is 3.01. The Morgan fingerprint density at radius 1 is 1.00 bits per heavy atom. The van der Waals surface area contributed by atoms with Crippen LogP contribution in [0.5, 0.6) is 0 Å². The van der Waals surface area contributed by atoms with Crippen molar-refractivity contribution in [2.24, 2.45) is 0 Å². The third-order valence-electron chi connectivity index (χ3n) is 4.51. The molecule has 144 valence electrons. The van der Waals surface area contributed by atoms with Crippen molar-refractivity contribution in [3.8, 4) is 0 Å². The number of para-hydroxylation sites is 1. The molecule has 1 aromatic heterocycles. The highest BCUT2D eigenvalue weighted by atomic mass is 16.2. The normalized spacial score (nSPS) is 10.6. The minimum atomic E-state index is -0.0878. The van der Waals surface area contributed by atoms with E-state index < -0.39 is 0 Å². The Labute approximate surface area is 164 Å². The van der Waals surface area contributed by atoms with Crippen LogP contribution >= 0.6 is 0 Å². The molecular formula is C22H24N4O2. The van der Waals surface area contributed by atoms with Gasteiger partial charge in [0.2, 0.25) is 11.8 Å². The predicted octanol–water partition coefficient (Wildman–Crippen LogP) is 2.65. The minimum absolute atomic E-state index is 0.0607. The molecule has 0 saturated heterocycles. The zero-order chi connectivity index (χ0) is 19.9. The number of rotatable bonds is 7. The van der Waals surface area contributed by atoms with Gasteiger partial charge in [0, 0.05) is 31.1 Å². The molecule has 3 rings (SSSR count). The molecule has 3 aromatic rings. The maximum Gasteiger partial charge on any atom is 0.224 e. The van der Waals surface area contributed by atoms with E-state index in [1.165, 1.54) is 0 Å². The number of hydrogen-bond donors (Lipinski definition) is 1. The van der Waals surface area contributed by atoms with E-state index in [-0.39, 0.29) is 18.2 Å². The Balaban J connectivity index is 1.49. The molecule has 2 aromatic carbocycles. The summed E-state index contributed by atoms with van der Waals surface area (Å²) in [5.41, 5.74) is 2.72. The zero-order valence-corrected chi connectivity index (χ0v) is 16.2. The standard InChI is InChI=1S/C22H24N4O2/c1-16-18-10-6-7-11-19(18)25-20(24-16)15-26(2)22(28)12-13-23-21(27)14-17-8-4-3-5-9-17/h3-11H,12-15H2,1-2H3,(H,23,27). The summed E-state index contributed by atoms with van der Waals surface area (Å²) in [5, 5.41) is 3.81. The van der Waals surface area contributed by atoms with Crippen LogP contribution in [0.2, 0.25) is 0 Å². The number of aryl methyl sites for hydroxylation is 1. The Kier molecular flexibility index (Phi) is 6.32. The van der Waals surface area contributed by atoms with Gasteiger partial charge >= 0.3 is 0 Å². The summed E-state index contributed by atoms with van der Waals surface area (Å²) in [6.45, 7) is 2.59. The predicted molar refractivity (Wildman–Crippen MR) is 109 cm³/mol. The van der Waals surface area contributed by atoms with Crippen LogP contribution in [0.3, 0.4) is 0 Å². The van der Waals surface area contributed by atoms with Crippen LogP contribution in [-0.4, -0.2) is 40.3 Å². The van der Waals surface area contributed by atoms with Crippen LogP contribution in [0.25, 0.3) is 10.9 Å². The summed E-state index contributed by atoms with van der Waals surface area (Å²) in [7, 11) is 1.72. The van der Waals surface area contributed by atoms with Crippen LogP contribution in [0, 0.1) is 6.92 Å². The van der Waals surface area contributed by atoms with Crippen LogP contribution in [0.15, 0.2) is 54.6 Å². The summed E-state index contributed by atoms with van der Waals surface area (Å²) in [5.74, 6) is 0.463. The summed E-state index contributed by atoms with van der Waals surface area (Å²) in [6.07, 6.45) is 0.554. The topological polar surface area (TPSA) is 75.2 Å². The molecule has 0 bridgehead atoms.